The molecular weight excluding hydrogens is 168 g/mol. The van der Waals surface area contributed by atoms with E-state index in [-0.39, 0.29) is 12.0 Å². The molecule has 2 atom stereocenters. The summed E-state index contributed by atoms with van der Waals surface area (Å²) >= 11 is 0. The van der Waals surface area contributed by atoms with Crippen molar-refractivity contribution in [3.05, 3.63) is 0 Å². The first-order valence-electron chi connectivity index (χ1n) is 4.62. The number of esters is 1. The van der Waals surface area contributed by atoms with Crippen LogP contribution in [-0.4, -0.2) is 44.2 Å². The van der Waals surface area contributed by atoms with Crippen LogP contribution in [0.4, 0.5) is 0 Å². The van der Waals surface area contributed by atoms with Gasteiger partial charge in [-0.25, -0.2) is 0 Å². The van der Waals surface area contributed by atoms with Gasteiger partial charge in [0.15, 0.2) is 0 Å². The van der Waals surface area contributed by atoms with E-state index in [1.165, 1.54) is 7.11 Å². The largest absolute Gasteiger partial charge is 0.469 e. The fraction of sp³-hybridized carbons (Fsp3) is 0.889. The van der Waals surface area contributed by atoms with Crippen molar-refractivity contribution in [2.75, 3.05) is 27.2 Å². The van der Waals surface area contributed by atoms with E-state index in [1.54, 1.807) is 0 Å². The highest BCUT2D eigenvalue weighted by molar-refractivity contribution is 5.69. The number of methoxy groups -OCH3 is 1. The molecular formula is C9H18N2O2. The fourth-order valence-corrected chi connectivity index (χ4v) is 1.96. The number of nitrogens with two attached hydrogens (primary N) is 1. The average molecular weight is 186 g/mol. The molecule has 2 unspecified atom stereocenters. The van der Waals surface area contributed by atoms with Gasteiger partial charge in [0.25, 0.3) is 0 Å². The molecule has 0 aromatic carbocycles. The quantitative estimate of drug-likeness (QED) is 0.608. The van der Waals surface area contributed by atoms with E-state index < -0.39 is 0 Å². The third-order valence-electron chi connectivity index (χ3n) is 2.44. The minimum Gasteiger partial charge on any atom is -0.469 e. The Morgan fingerprint density at radius 3 is 2.85 bits per heavy atom. The number of likely N-dealkylation sites (N-methyl/N-ethyl adjacent to an activating group) is 1. The van der Waals surface area contributed by atoms with E-state index in [4.69, 9.17) is 5.73 Å². The van der Waals surface area contributed by atoms with Crippen molar-refractivity contribution in [3.63, 3.8) is 0 Å². The van der Waals surface area contributed by atoms with Crippen LogP contribution in [0.3, 0.4) is 0 Å². The summed E-state index contributed by atoms with van der Waals surface area (Å²) in [6, 6.07) is 0.202. The van der Waals surface area contributed by atoms with Crippen molar-refractivity contribution in [3.8, 4) is 0 Å². The van der Waals surface area contributed by atoms with E-state index in [0.29, 0.717) is 12.3 Å². The van der Waals surface area contributed by atoms with Gasteiger partial charge < -0.3 is 15.4 Å². The van der Waals surface area contributed by atoms with Gasteiger partial charge >= 0.3 is 5.97 Å². The van der Waals surface area contributed by atoms with Crippen LogP contribution >= 0.6 is 0 Å². The Balaban J connectivity index is 2.37. The predicted octanol–water partition coefficient (Wildman–Crippen LogP) is -0.171. The molecule has 1 aliphatic rings. The first-order chi connectivity index (χ1) is 6.11. The molecule has 1 fully saturated rings. The normalized spacial score (nSPS) is 30.1. The molecule has 0 radical (unpaired) electrons. The van der Waals surface area contributed by atoms with Crippen LogP contribution in [0.25, 0.3) is 0 Å². The molecule has 0 saturated carbocycles. The highest BCUT2D eigenvalue weighted by atomic mass is 16.5. The van der Waals surface area contributed by atoms with Crippen LogP contribution in [0, 0.1) is 5.92 Å². The molecule has 1 aliphatic heterocycles. The first-order valence-corrected chi connectivity index (χ1v) is 4.62. The second kappa shape index (κ2) is 4.58. The Hall–Kier alpha value is -0.610. The smallest absolute Gasteiger partial charge is 0.305 e. The average Bonchev–Trinajstić information content (AvgIpc) is 2.02. The molecule has 2 N–H and O–H groups in total. The number of carbonyl (C=O) groups excluding carboxylic acids is 1. The Bertz CT molecular complexity index is 174. The minimum atomic E-state index is -0.132. The summed E-state index contributed by atoms with van der Waals surface area (Å²) in [6.07, 6.45) is 1.42. The zero-order valence-electron chi connectivity index (χ0n) is 8.32. The molecule has 76 valence electrons. The molecule has 1 heterocycles. The van der Waals surface area contributed by atoms with Crippen molar-refractivity contribution in [2.24, 2.45) is 11.7 Å². The van der Waals surface area contributed by atoms with Gasteiger partial charge in [-0.3, -0.25) is 4.79 Å². The summed E-state index contributed by atoms with van der Waals surface area (Å²) < 4.78 is 4.63. The van der Waals surface area contributed by atoms with Gasteiger partial charge in [-0.15, -0.1) is 0 Å². The summed E-state index contributed by atoms with van der Waals surface area (Å²) in [6.45, 7) is 1.88. The predicted molar refractivity (Wildman–Crippen MR) is 50.2 cm³/mol. The maximum atomic E-state index is 11.0. The lowest BCUT2D eigenvalue weighted by Gasteiger charge is -2.33. The molecule has 0 amide bonds. The molecule has 0 bridgehead atoms. The summed E-state index contributed by atoms with van der Waals surface area (Å²) in [5.41, 5.74) is 5.84. The first kappa shape index (κ1) is 10.5. The second-order valence-electron chi connectivity index (χ2n) is 3.86. The van der Waals surface area contributed by atoms with E-state index >= 15 is 0 Å². The van der Waals surface area contributed by atoms with Gasteiger partial charge in [0.2, 0.25) is 0 Å². The monoisotopic (exact) mass is 186 g/mol. The minimum absolute atomic E-state index is 0.132. The van der Waals surface area contributed by atoms with Crippen LogP contribution in [0.1, 0.15) is 12.8 Å². The summed E-state index contributed by atoms with van der Waals surface area (Å²) in [4.78, 5) is 13.2. The van der Waals surface area contributed by atoms with Gasteiger partial charge in [0, 0.05) is 25.6 Å². The molecule has 4 nitrogen and oxygen atoms in total. The standard InChI is InChI=1S/C9H18N2O2/c1-11-5-7(3-8(10)6-11)4-9(12)13-2/h7-8H,3-6,10H2,1-2H3. The lowest BCUT2D eigenvalue weighted by Crippen LogP contribution is -2.45. The Morgan fingerprint density at radius 2 is 2.31 bits per heavy atom. The zero-order chi connectivity index (χ0) is 9.84. The van der Waals surface area contributed by atoms with Crippen molar-refractivity contribution < 1.29 is 9.53 Å². The second-order valence-corrected chi connectivity index (χ2v) is 3.86. The number of nitrogens with zero attached hydrogens (tertiary/aromatic N) is 1. The van der Waals surface area contributed by atoms with Gasteiger partial charge in [-0.2, -0.15) is 0 Å². The molecule has 1 rings (SSSR count). The van der Waals surface area contributed by atoms with Crippen molar-refractivity contribution in [2.45, 2.75) is 18.9 Å². The third kappa shape index (κ3) is 3.32. The molecule has 1 saturated heterocycles. The van der Waals surface area contributed by atoms with Crippen LogP contribution in [-0.2, 0) is 9.53 Å². The van der Waals surface area contributed by atoms with Gasteiger partial charge in [0.05, 0.1) is 7.11 Å². The van der Waals surface area contributed by atoms with Crippen LogP contribution in [0.2, 0.25) is 0 Å². The fourth-order valence-electron chi connectivity index (χ4n) is 1.96. The summed E-state index contributed by atoms with van der Waals surface area (Å²) in [5, 5.41) is 0. The van der Waals surface area contributed by atoms with Crippen molar-refractivity contribution in [1.82, 2.24) is 4.90 Å². The Labute approximate surface area is 79.0 Å². The molecule has 13 heavy (non-hydrogen) atoms. The molecule has 4 heteroatoms. The number of hydrogen-bond acceptors (Lipinski definition) is 4. The lowest BCUT2D eigenvalue weighted by atomic mass is 9.92. The highest BCUT2D eigenvalue weighted by Gasteiger charge is 2.24. The van der Waals surface area contributed by atoms with E-state index in [1.807, 2.05) is 7.05 Å². The van der Waals surface area contributed by atoms with Crippen LogP contribution in [0.15, 0.2) is 0 Å². The Kier molecular flexibility index (Phi) is 3.69. The molecule has 0 aromatic heterocycles. The summed E-state index contributed by atoms with van der Waals surface area (Å²) in [5.74, 6) is 0.230. The van der Waals surface area contributed by atoms with Crippen LogP contribution in [0.5, 0.6) is 0 Å². The van der Waals surface area contributed by atoms with Gasteiger partial charge in [-0.1, -0.05) is 0 Å². The molecule has 0 aliphatic carbocycles. The third-order valence-corrected chi connectivity index (χ3v) is 2.44. The summed E-state index contributed by atoms with van der Waals surface area (Å²) in [7, 11) is 3.46. The maximum absolute atomic E-state index is 11.0. The van der Waals surface area contributed by atoms with Gasteiger partial charge in [-0.05, 0) is 19.4 Å². The van der Waals surface area contributed by atoms with E-state index in [9.17, 15) is 4.79 Å². The highest BCUT2D eigenvalue weighted by Crippen LogP contribution is 2.18. The number of hydrogen-bond donors (Lipinski definition) is 1. The van der Waals surface area contributed by atoms with E-state index in [2.05, 4.69) is 9.64 Å². The van der Waals surface area contributed by atoms with E-state index in [0.717, 1.165) is 19.5 Å². The maximum Gasteiger partial charge on any atom is 0.305 e. The Morgan fingerprint density at radius 1 is 1.62 bits per heavy atom. The van der Waals surface area contributed by atoms with Crippen molar-refractivity contribution in [1.29, 1.82) is 0 Å². The molecule has 0 aromatic rings. The lowest BCUT2D eigenvalue weighted by molar-refractivity contribution is -0.142. The topological polar surface area (TPSA) is 55.6 Å². The molecule has 0 spiro atoms. The number of likely N-dealkylation sites (tertiary alicyclic amines) is 1. The van der Waals surface area contributed by atoms with Crippen LogP contribution < -0.4 is 5.73 Å². The SMILES string of the molecule is COC(=O)CC1CC(N)CN(C)C1. The zero-order valence-corrected chi connectivity index (χ0v) is 8.32. The van der Waals surface area contributed by atoms with Gasteiger partial charge in [0.1, 0.15) is 0 Å². The van der Waals surface area contributed by atoms with Crippen molar-refractivity contribution >= 4 is 5.97 Å². The number of piperidine rings is 1. The number of carbonyl (C=O) groups is 1. The number of rotatable bonds is 2. The number of ether oxygens (including phenoxy) is 1.